The molecule has 0 atom stereocenters. The predicted octanol–water partition coefficient (Wildman–Crippen LogP) is 4.86. The second-order valence-corrected chi connectivity index (χ2v) is 11.1. The summed E-state index contributed by atoms with van der Waals surface area (Å²) < 4.78 is 5.32. The first kappa shape index (κ1) is 23.3. The molecule has 0 bridgehead atoms. The molecule has 1 aromatic carbocycles. The molecule has 0 amide bonds. The minimum Gasteiger partial charge on any atom is -0.497 e. The number of carbonyl (C=O) groups excluding carboxylic acids is 2. The minimum absolute atomic E-state index is 0.0478. The van der Waals surface area contributed by atoms with E-state index in [-0.39, 0.29) is 35.4 Å². The lowest BCUT2D eigenvalue weighted by molar-refractivity contribution is -0.137. The van der Waals surface area contributed by atoms with Crippen molar-refractivity contribution in [3.8, 4) is 5.75 Å². The molecule has 33 heavy (non-hydrogen) atoms. The molecule has 0 spiro atoms. The third-order valence-electron chi connectivity index (χ3n) is 7.02. The van der Waals surface area contributed by atoms with Crippen LogP contribution in [0.1, 0.15) is 71.3 Å². The lowest BCUT2D eigenvalue weighted by Gasteiger charge is -2.49. The first-order valence-electron chi connectivity index (χ1n) is 11.6. The average Bonchev–Trinajstić information content (AvgIpc) is 2.70. The maximum atomic E-state index is 13.6. The van der Waals surface area contributed by atoms with Gasteiger partial charge in [0.15, 0.2) is 11.6 Å². The van der Waals surface area contributed by atoms with Gasteiger partial charge in [-0.15, -0.1) is 0 Å². The Morgan fingerprint density at radius 1 is 0.939 bits per heavy atom. The Bertz CT molecular complexity index is 1020. The lowest BCUT2D eigenvalue weighted by Crippen LogP contribution is -2.45. The van der Waals surface area contributed by atoms with E-state index in [4.69, 9.17) is 4.74 Å². The molecule has 1 aromatic rings. The van der Waals surface area contributed by atoms with E-state index in [2.05, 4.69) is 27.7 Å². The summed E-state index contributed by atoms with van der Waals surface area (Å²) in [7, 11) is 1.61. The standard InChI is InChI=1S/C27H33NO5/c1-26(2)12-18-24(20(29)14-26)23(16-6-8-17(33-5)9-7-16)25-19(28(18)11-10-22(31)32)13-27(3,4)15-21(25)30/h6-9,23H,10-15H2,1-5H3,(H,31,32). The molecule has 176 valence electrons. The van der Waals surface area contributed by atoms with Crippen LogP contribution in [0.5, 0.6) is 5.75 Å². The summed E-state index contributed by atoms with van der Waals surface area (Å²) in [5, 5.41) is 9.42. The van der Waals surface area contributed by atoms with Crippen LogP contribution >= 0.6 is 0 Å². The smallest absolute Gasteiger partial charge is 0.305 e. The predicted molar refractivity (Wildman–Crippen MR) is 125 cm³/mol. The third-order valence-corrected chi connectivity index (χ3v) is 7.02. The van der Waals surface area contributed by atoms with Crippen molar-refractivity contribution in [2.45, 2.75) is 65.7 Å². The number of methoxy groups -OCH3 is 1. The number of aliphatic carboxylic acids is 1. The van der Waals surface area contributed by atoms with Crippen LogP contribution in [0.25, 0.3) is 0 Å². The number of carbonyl (C=O) groups is 3. The summed E-state index contributed by atoms with van der Waals surface area (Å²) in [5.41, 5.74) is 3.55. The maximum Gasteiger partial charge on any atom is 0.305 e. The summed E-state index contributed by atoms with van der Waals surface area (Å²) in [4.78, 5) is 40.7. The number of Topliss-reactive ketones (excluding diaryl/α,β-unsaturated/α-hetero) is 2. The summed E-state index contributed by atoms with van der Waals surface area (Å²) in [6.07, 6.45) is 2.11. The molecule has 0 saturated carbocycles. The fourth-order valence-electron chi connectivity index (χ4n) is 5.65. The van der Waals surface area contributed by atoms with Gasteiger partial charge in [0, 0.05) is 47.8 Å². The van der Waals surface area contributed by atoms with Crippen molar-refractivity contribution in [1.29, 1.82) is 0 Å². The van der Waals surface area contributed by atoms with Crippen molar-refractivity contribution in [2.75, 3.05) is 13.7 Å². The Balaban J connectivity index is 1.95. The molecule has 1 aliphatic heterocycles. The molecule has 0 saturated heterocycles. The number of rotatable bonds is 5. The van der Waals surface area contributed by atoms with Gasteiger partial charge in [-0.05, 0) is 41.4 Å². The third kappa shape index (κ3) is 4.35. The largest absolute Gasteiger partial charge is 0.497 e. The van der Waals surface area contributed by atoms with E-state index in [9.17, 15) is 19.5 Å². The van der Waals surface area contributed by atoms with E-state index in [1.807, 2.05) is 29.2 Å². The van der Waals surface area contributed by atoms with Crippen molar-refractivity contribution in [3.05, 3.63) is 52.4 Å². The Morgan fingerprint density at radius 2 is 1.42 bits per heavy atom. The quantitative estimate of drug-likeness (QED) is 0.689. The zero-order valence-corrected chi connectivity index (χ0v) is 20.2. The van der Waals surface area contributed by atoms with Gasteiger partial charge < -0.3 is 14.7 Å². The van der Waals surface area contributed by atoms with Crippen molar-refractivity contribution in [1.82, 2.24) is 4.90 Å². The van der Waals surface area contributed by atoms with Crippen LogP contribution in [-0.2, 0) is 14.4 Å². The zero-order chi connectivity index (χ0) is 24.1. The van der Waals surface area contributed by atoms with E-state index in [1.54, 1.807) is 7.11 Å². The van der Waals surface area contributed by atoms with E-state index in [1.165, 1.54) is 0 Å². The monoisotopic (exact) mass is 451 g/mol. The van der Waals surface area contributed by atoms with Gasteiger partial charge in [0.2, 0.25) is 0 Å². The lowest BCUT2D eigenvalue weighted by atomic mass is 9.63. The van der Waals surface area contributed by atoms with E-state index in [0.29, 0.717) is 42.6 Å². The van der Waals surface area contributed by atoms with Gasteiger partial charge in [-0.25, -0.2) is 0 Å². The van der Waals surface area contributed by atoms with Gasteiger partial charge >= 0.3 is 5.97 Å². The number of ether oxygens (including phenoxy) is 1. The second-order valence-electron chi connectivity index (χ2n) is 11.1. The number of ketones is 2. The molecule has 1 N–H and O–H groups in total. The molecule has 1 heterocycles. The van der Waals surface area contributed by atoms with Crippen LogP contribution in [0, 0.1) is 10.8 Å². The number of hydrogen-bond acceptors (Lipinski definition) is 5. The number of carboxylic acids is 1. The van der Waals surface area contributed by atoms with E-state index in [0.717, 1.165) is 17.0 Å². The number of benzene rings is 1. The van der Waals surface area contributed by atoms with Crippen LogP contribution in [0.4, 0.5) is 0 Å². The van der Waals surface area contributed by atoms with Crippen LogP contribution < -0.4 is 4.74 Å². The van der Waals surface area contributed by atoms with E-state index >= 15 is 0 Å². The molecular weight excluding hydrogens is 418 g/mol. The van der Waals surface area contributed by atoms with Crippen LogP contribution in [0.3, 0.4) is 0 Å². The van der Waals surface area contributed by atoms with Gasteiger partial charge in [-0.1, -0.05) is 39.8 Å². The van der Waals surface area contributed by atoms with Crippen LogP contribution in [-0.4, -0.2) is 41.2 Å². The highest BCUT2D eigenvalue weighted by molar-refractivity contribution is 6.06. The Kier molecular flexibility index (Phi) is 5.75. The molecule has 3 aliphatic rings. The molecule has 6 nitrogen and oxygen atoms in total. The molecule has 2 aliphatic carbocycles. The number of hydrogen-bond donors (Lipinski definition) is 1. The maximum absolute atomic E-state index is 13.6. The van der Waals surface area contributed by atoms with Gasteiger partial charge in [0.05, 0.1) is 13.5 Å². The molecule has 0 unspecified atom stereocenters. The van der Waals surface area contributed by atoms with Gasteiger partial charge in [-0.3, -0.25) is 14.4 Å². The molecule has 0 fully saturated rings. The second kappa shape index (κ2) is 8.15. The fourth-order valence-corrected chi connectivity index (χ4v) is 5.65. The van der Waals surface area contributed by atoms with E-state index < -0.39 is 11.9 Å². The number of allylic oxidation sites excluding steroid dienone is 4. The summed E-state index contributed by atoms with van der Waals surface area (Å²) in [6.45, 7) is 8.56. The molecular formula is C27H33NO5. The molecule has 6 heteroatoms. The van der Waals surface area contributed by atoms with Crippen molar-refractivity contribution < 1.29 is 24.2 Å². The van der Waals surface area contributed by atoms with Crippen molar-refractivity contribution >= 4 is 17.5 Å². The minimum atomic E-state index is -0.889. The highest BCUT2D eigenvalue weighted by atomic mass is 16.5. The van der Waals surface area contributed by atoms with Crippen molar-refractivity contribution in [2.24, 2.45) is 10.8 Å². The van der Waals surface area contributed by atoms with Crippen LogP contribution in [0.2, 0.25) is 0 Å². The molecule has 0 radical (unpaired) electrons. The Hall–Kier alpha value is -2.89. The zero-order valence-electron chi connectivity index (χ0n) is 20.2. The van der Waals surface area contributed by atoms with Gasteiger partial charge in [0.25, 0.3) is 0 Å². The summed E-state index contributed by atoms with van der Waals surface area (Å²) in [6, 6.07) is 7.60. The highest BCUT2D eigenvalue weighted by Crippen LogP contribution is 2.54. The average molecular weight is 452 g/mol. The number of nitrogens with zero attached hydrogens (tertiary/aromatic N) is 1. The van der Waals surface area contributed by atoms with Gasteiger partial charge in [-0.2, -0.15) is 0 Å². The highest BCUT2D eigenvalue weighted by Gasteiger charge is 2.48. The first-order chi connectivity index (χ1) is 15.4. The molecule has 4 rings (SSSR count). The van der Waals surface area contributed by atoms with Crippen molar-refractivity contribution in [3.63, 3.8) is 0 Å². The SMILES string of the molecule is COc1ccc(C2C3=C(CC(C)(C)CC3=O)N(CCC(=O)O)C3=C2C(=O)CC(C)(C)C3)cc1. The normalized spacial score (nSPS) is 22.3. The molecule has 0 aromatic heterocycles. The Labute approximate surface area is 195 Å². The summed E-state index contributed by atoms with van der Waals surface area (Å²) >= 11 is 0. The van der Waals surface area contributed by atoms with Gasteiger partial charge in [0.1, 0.15) is 5.75 Å². The first-order valence-corrected chi connectivity index (χ1v) is 11.6. The number of carboxylic acid groups (broad SMARTS) is 1. The van der Waals surface area contributed by atoms with Crippen LogP contribution in [0.15, 0.2) is 46.8 Å². The Morgan fingerprint density at radius 3 is 1.85 bits per heavy atom. The summed E-state index contributed by atoms with van der Waals surface area (Å²) in [5.74, 6) is -0.500. The fraction of sp³-hybridized carbons (Fsp3) is 0.519. The topological polar surface area (TPSA) is 83.9 Å².